The Balaban J connectivity index is 1.46. The largest absolute Gasteiger partial charge is 0.329 e. The number of Topliss-reactive ketones (excluding diaryl/α,β-unsaturated/α-hetero) is 1. The van der Waals surface area contributed by atoms with E-state index in [1.165, 1.54) is 0 Å². The third-order valence-corrected chi connectivity index (χ3v) is 6.21. The predicted molar refractivity (Wildman–Crippen MR) is 122 cm³/mol. The van der Waals surface area contributed by atoms with E-state index in [2.05, 4.69) is 32.5 Å². The third kappa shape index (κ3) is 4.02. The molecule has 9 heteroatoms. The first kappa shape index (κ1) is 21.0. The van der Waals surface area contributed by atoms with E-state index in [0.29, 0.717) is 12.4 Å². The molecule has 1 aliphatic carbocycles. The fourth-order valence-corrected chi connectivity index (χ4v) is 4.23. The van der Waals surface area contributed by atoms with Gasteiger partial charge in [0.2, 0.25) is 5.82 Å². The number of rotatable bonds is 8. The molecule has 33 heavy (non-hydrogen) atoms. The summed E-state index contributed by atoms with van der Waals surface area (Å²) >= 11 is 0. The summed E-state index contributed by atoms with van der Waals surface area (Å²) in [6.45, 7) is 4.36. The van der Waals surface area contributed by atoms with Crippen molar-refractivity contribution in [3.63, 3.8) is 0 Å². The van der Waals surface area contributed by atoms with Gasteiger partial charge in [0.05, 0.1) is 12.2 Å². The van der Waals surface area contributed by atoms with Crippen LogP contribution in [-0.4, -0.2) is 40.5 Å². The third-order valence-electron chi connectivity index (χ3n) is 6.21. The number of imidazole rings is 1. The molecule has 0 spiro atoms. The van der Waals surface area contributed by atoms with E-state index in [9.17, 15) is 9.59 Å². The van der Waals surface area contributed by atoms with Crippen LogP contribution in [0.2, 0.25) is 0 Å². The average Bonchev–Trinajstić information content (AvgIpc) is 3.21. The molecule has 1 fully saturated rings. The first-order valence-electron chi connectivity index (χ1n) is 11.2. The molecule has 3 aromatic heterocycles. The van der Waals surface area contributed by atoms with Gasteiger partial charge >= 0.3 is 5.69 Å². The van der Waals surface area contributed by atoms with Crippen molar-refractivity contribution in [1.82, 2.24) is 34.7 Å². The number of hydrogen-bond acceptors (Lipinski definition) is 6. The molecule has 168 valence electrons. The van der Waals surface area contributed by atoms with Crippen LogP contribution in [0, 0.1) is 5.92 Å². The minimum absolute atomic E-state index is 0.0921. The molecule has 1 N–H and O–H groups in total. The first-order chi connectivity index (χ1) is 16.1. The van der Waals surface area contributed by atoms with Gasteiger partial charge in [0.15, 0.2) is 5.78 Å². The summed E-state index contributed by atoms with van der Waals surface area (Å²) in [5.41, 5.74) is 4.42. The van der Waals surface area contributed by atoms with Crippen LogP contribution in [0.25, 0.3) is 22.5 Å². The second kappa shape index (κ2) is 8.57. The summed E-state index contributed by atoms with van der Waals surface area (Å²) in [5, 5.41) is 14.2. The number of aryl methyl sites for hydroxylation is 1. The lowest BCUT2D eigenvalue weighted by Crippen LogP contribution is -2.26. The molecule has 5 rings (SSSR count). The highest BCUT2D eigenvalue weighted by molar-refractivity contribution is 6.00. The van der Waals surface area contributed by atoms with Crippen LogP contribution in [0.1, 0.15) is 44.1 Å². The first-order valence-corrected chi connectivity index (χ1v) is 11.2. The van der Waals surface area contributed by atoms with Gasteiger partial charge in [-0.15, -0.1) is 10.2 Å². The molecule has 0 amide bonds. The number of tetrazole rings is 1. The van der Waals surface area contributed by atoms with E-state index in [1.807, 2.05) is 49.5 Å². The van der Waals surface area contributed by atoms with E-state index >= 15 is 0 Å². The Morgan fingerprint density at radius 2 is 1.88 bits per heavy atom. The number of benzene rings is 1. The molecule has 3 heterocycles. The predicted octanol–water partition coefficient (Wildman–Crippen LogP) is 3.04. The van der Waals surface area contributed by atoms with Crippen molar-refractivity contribution in [3.05, 3.63) is 70.7 Å². The van der Waals surface area contributed by atoms with Crippen molar-refractivity contribution in [2.75, 3.05) is 0 Å². The topological polar surface area (TPSA) is 111 Å². The number of unbranched alkanes of at least 4 members (excludes halogenated alkanes) is 1. The summed E-state index contributed by atoms with van der Waals surface area (Å²) < 4.78 is 3.37. The Hall–Kier alpha value is -3.88. The molecule has 0 radical (unpaired) electrons. The molecule has 0 aliphatic heterocycles. The molecule has 2 unspecified atom stereocenters. The number of ketones is 1. The van der Waals surface area contributed by atoms with E-state index in [-0.39, 0.29) is 23.4 Å². The standard InChI is InChI=1S/C24H25N7O2/c1-3-4-8-20-14-31(21-15(2)22(21)32)24(33)30(20)13-19-12-17(9-10-25-19)16-6-5-7-18(11-16)23-26-28-29-27-23/h5-7,9-12,14-15,21H,3-4,8,13H2,1-2H3,(H,26,27,28,29). The number of H-pyrrole nitrogens is 1. The summed E-state index contributed by atoms with van der Waals surface area (Å²) in [6, 6.07) is 11.5. The molecular formula is C24H25N7O2. The fraction of sp³-hybridized carbons (Fsp3) is 0.333. The SMILES string of the molecule is CCCCc1cn(C2C(=O)C2C)c(=O)n1Cc1cc(-c2cccc(-c3nn[nH]n3)c2)ccn1. The molecule has 2 atom stereocenters. The molecule has 0 saturated heterocycles. The van der Waals surface area contributed by atoms with Crippen LogP contribution in [0.5, 0.6) is 0 Å². The summed E-state index contributed by atoms with van der Waals surface area (Å²) in [7, 11) is 0. The van der Waals surface area contributed by atoms with Crippen LogP contribution in [-0.2, 0) is 17.8 Å². The second-order valence-corrected chi connectivity index (χ2v) is 8.49. The molecule has 0 bridgehead atoms. The number of nitrogens with zero attached hydrogens (tertiary/aromatic N) is 6. The van der Waals surface area contributed by atoms with Crippen LogP contribution >= 0.6 is 0 Å². The van der Waals surface area contributed by atoms with Gasteiger partial charge in [-0.05, 0) is 47.4 Å². The van der Waals surface area contributed by atoms with Crippen LogP contribution in [0.3, 0.4) is 0 Å². The van der Waals surface area contributed by atoms with Crippen molar-refractivity contribution in [1.29, 1.82) is 0 Å². The normalized spacial score (nSPS) is 17.5. The van der Waals surface area contributed by atoms with E-state index in [1.54, 1.807) is 15.3 Å². The minimum atomic E-state index is -0.328. The quantitative estimate of drug-likeness (QED) is 0.448. The Bertz CT molecular complexity index is 1350. The number of carbonyl (C=O) groups excluding carboxylic acids is 1. The molecular weight excluding hydrogens is 418 g/mol. The monoisotopic (exact) mass is 443 g/mol. The maximum absolute atomic E-state index is 13.2. The Labute approximate surface area is 190 Å². The van der Waals surface area contributed by atoms with Gasteiger partial charge < -0.3 is 0 Å². The van der Waals surface area contributed by atoms with Crippen molar-refractivity contribution >= 4 is 5.78 Å². The van der Waals surface area contributed by atoms with Gasteiger partial charge in [0.1, 0.15) is 6.04 Å². The highest BCUT2D eigenvalue weighted by atomic mass is 16.2. The van der Waals surface area contributed by atoms with Gasteiger partial charge in [0, 0.05) is 29.6 Å². The highest BCUT2D eigenvalue weighted by Crippen LogP contribution is 2.37. The molecule has 1 aromatic carbocycles. The maximum Gasteiger partial charge on any atom is 0.329 e. The zero-order valence-electron chi connectivity index (χ0n) is 18.6. The lowest BCUT2D eigenvalue weighted by atomic mass is 10.0. The lowest BCUT2D eigenvalue weighted by Gasteiger charge is -2.09. The number of nitrogens with one attached hydrogen (secondary N) is 1. The lowest BCUT2D eigenvalue weighted by molar-refractivity contribution is -0.111. The van der Waals surface area contributed by atoms with Crippen molar-refractivity contribution in [2.24, 2.45) is 5.92 Å². The number of carbonyl (C=O) groups is 1. The Kier molecular flexibility index (Phi) is 5.45. The zero-order valence-corrected chi connectivity index (χ0v) is 18.6. The minimum Gasteiger partial charge on any atom is -0.297 e. The van der Waals surface area contributed by atoms with Gasteiger partial charge in [-0.3, -0.25) is 18.9 Å². The Morgan fingerprint density at radius 3 is 2.61 bits per heavy atom. The molecule has 9 nitrogen and oxygen atoms in total. The van der Waals surface area contributed by atoms with Crippen LogP contribution in [0.15, 0.2) is 53.6 Å². The van der Waals surface area contributed by atoms with Gasteiger partial charge in [0.25, 0.3) is 0 Å². The number of aromatic amines is 1. The second-order valence-electron chi connectivity index (χ2n) is 8.49. The van der Waals surface area contributed by atoms with E-state index < -0.39 is 0 Å². The number of pyridine rings is 1. The average molecular weight is 444 g/mol. The van der Waals surface area contributed by atoms with Gasteiger partial charge in [-0.1, -0.05) is 38.5 Å². The zero-order chi connectivity index (χ0) is 22.9. The van der Waals surface area contributed by atoms with Crippen molar-refractivity contribution in [3.8, 4) is 22.5 Å². The summed E-state index contributed by atoms with van der Waals surface area (Å²) in [5.74, 6) is 0.562. The molecule has 1 saturated carbocycles. The van der Waals surface area contributed by atoms with Crippen LogP contribution < -0.4 is 5.69 Å². The van der Waals surface area contributed by atoms with Gasteiger partial charge in [-0.25, -0.2) is 4.79 Å². The van der Waals surface area contributed by atoms with E-state index in [4.69, 9.17) is 0 Å². The molecule has 4 aromatic rings. The van der Waals surface area contributed by atoms with Crippen LogP contribution in [0.4, 0.5) is 0 Å². The van der Waals surface area contributed by atoms with Crippen molar-refractivity contribution in [2.45, 2.75) is 45.7 Å². The highest BCUT2D eigenvalue weighted by Gasteiger charge is 2.48. The smallest absolute Gasteiger partial charge is 0.297 e. The summed E-state index contributed by atoms with van der Waals surface area (Å²) in [6.07, 6.45) is 6.42. The maximum atomic E-state index is 13.2. The van der Waals surface area contributed by atoms with E-state index in [0.717, 1.165) is 47.3 Å². The number of aromatic nitrogens is 7. The van der Waals surface area contributed by atoms with Gasteiger partial charge in [-0.2, -0.15) is 5.21 Å². The molecule has 1 aliphatic rings. The summed E-state index contributed by atoms with van der Waals surface area (Å²) in [4.78, 5) is 29.7. The number of hydrogen-bond donors (Lipinski definition) is 1. The van der Waals surface area contributed by atoms with Crippen molar-refractivity contribution < 1.29 is 4.79 Å². The Morgan fingerprint density at radius 1 is 1.09 bits per heavy atom. The fourth-order valence-electron chi connectivity index (χ4n) is 4.23.